The summed E-state index contributed by atoms with van der Waals surface area (Å²) in [6.07, 6.45) is 5.26. The minimum Gasteiger partial charge on any atom is -0.389 e. The van der Waals surface area contributed by atoms with E-state index in [2.05, 4.69) is 45.0 Å². The quantitative estimate of drug-likeness (QED) is 0.855. The van der Waals surface area contributed by atoms with Crippen molar-refractivity contribution in [2.75, 3.05) is 0 Å². The van der Waals surface area contributed by atoms with Gasteiger partial charge in [0.25, 0.3) is 0 Å². The predicted octanol–water partition coefficient (Wildman–Crippen LogP) is 3.98. The topological polar surface area (TPSA) is 20.2 Å². The lowest BCUT2D eigenvalue weighted by molar-refractivity contribution is -0.0560. The third kappa shape index (κ3) is 2.95. The van der Waals surface area contributed by atoms with Crippen LogP contribution in [0.2, 0.25) is 0 Å². The van der Waals surface area contributed by atoms with E-state index in [1.807, 2.05) is 0 Å². The molecule has 3 atom stereocenters. The molecule has 3 unspecified atom stereocenters. The van der Waals surface area contributed by atoms with Gasteiger partial charge in [0.05, 0.1) is 5.60 Å². The van der Waals surface area contributed by atoms with Gasteiger partial charge in [-0.05, 0) is 42.2 Å². The van der Waals surface area contributed by atoms with Crippen LogP contribution in [-0.4, -0.2) is 10.7 Å². The zero-order valence-electron chi connectivity index (χ0n) is 11.9. The molecule has 0 heterocycles. The van der Waals surface area contributed by atoms with E-state index in [0.29, 0.717) is 11.8 Å². The highest BCUT2D eigenvalue weighted by atomic mass is 16.3. The maximum absolute atomic E-state index is 10.9. The van der Waals surface area contributed by atoms with Crippen molar-refractivity contribution in [2.45, 2.75) is 58.5 Å². The fraction of sp³-hybridized carbons (Fsp3) is 0.647. The SMILES string of the molecule is CCc1ccc(CC2(O)CC(C)CCC2C)cc1. The van der Waals surface area contributed by atoms with Gasteiger partial charge in [-0.25, -0.2) is 0 Å². The molecule has 0 aliphatic heterocycles. The molecule has 1 fully saturated rings. The molecule has 0 spiro atoms. The normalized spacial score (nSPS) is 32.4. The summed E-state index contributed by atoms with van der Waals surface area (Å²) in [5.41, 5.74) is 2.15. The first-order valence-corrected chi connectivity index (χ1v) is 7.33. The molecule has 1 N–H and O–H groups in total. The summed E-state index contributed by atoms with van der Waals surface area (Å²) in [5, 5.41) is 10.9. The van der Waals surface area contributed by atoms with E-state index < -0.39 is 5.60 Å². The van der Waals surface area contributed by atoms with E-state index in [-0.39, 0.29) is 0 Å². The molecule has 1 nitrogen and oxygen atoms in total. The summed E-state index contributed by atoms with van der Waals surface area (Å²) < 4.78 is 0. The van der Waals surface area contributed by atoms with Gasteiger partial charge in [0.2, 0.25) is 0 Å². The molecule has 100 valence electrons. The molecule has 2 rings (SSSR count). The molecule has 0 aromatic heterocycles. The summed E-state index contributed by atoms with van der Waals surface area (Å²) in [6.45, 7) is 6.64. The third-order valence-electron chi connectivity index (χ3n) is 4.65. The Hall–Kier alpha value is -0.820. The summed E-state index contributed by atoms with van der Waals surface area (Å²) in [6, 6.07) is 8.75. The first-order valence-electron chi connectivity index (χ1n) is 7.33. The van der Waals surface area contributed by atoms with Gasteiger partial charge in [-0.15, -0.1) is 0 Å². The number of rotatable bonds is 3. The number of aliphatic hydroxyl groups is 1. The van der Waals surface area contributed by atoms with Crippen molar-refractivity contribution in [3.8, 4) is 0 Å². The van der Waals surface area contributed by atoms with Crippen LogP contribution in [0, 0.1) is 11.8 Å². The molecule has 0 amide bonds. The van der Waals surface area contributed by atoms with Crippen molar-refractivity contribution in [2.24, 2.45) is 11.8 Å². The maximum atomic E-state index is 10.9. The van der Waals surface area contributed by atoms with E-state index in [1.54, 1.807) is 0 Å². The average molecular weight is 246 g/mol. The molecule has 0 saturated heterocycles. The standard InChI is InChI=1S/C17H26O/c1-4-15-7-9-16(10-8-15)12-17(18)11-13(2)5-6-14(17)3/h7-10,13-14,18H,4-6,11-12H2,1-3H3. The second-order valence-corrected chi connectivity index (χ2v) is 6.24. The molecular formula is C17H26O. The van der Waals surface area contributed by atoms with E-state index >= 15 is 0 Å². The number of hydrogen-bond acceptors (Lipinski definition) is 1. The van der Waals surface area contributed by atoms with Crippen molar-refractivity contribution in [1.29, 1.82) is 0 Å². The lowest BCUT2D eigenvalue weighted by Crippen LogP contribution is -2.43. The Morgan fingerprint density at radius 3 is 2.33 bits per heavy atom. The van der Waals surface area contributed by atoms with Crippen LogP contribution in [0.4, 0.5) is 0 Å². The van der Waals surface area contributed by atoms with Crippen molar-refractivity contribution in [1.82, 2.24) is 0 Å². The van der Waals surface area contributed by atoms with E-state index in [0.717, 1.165) is 25.7 Å². The van der Waals surface area contributed by atoms with Gasteiger partial charge in [-0.2, -0.15) is 0 Å². The Morgan fingerprint density at radius 1 is 1.11 bits per heavy atom. The molecule has 0 radical (unpaired) electrons. The number of benzene rings is 1. The second-order valence-electron chi connectivity index (χ2n) is 6.24. The summed E-state index contributed by atoms with van der Waals surface area (Å²) in [5.74, 6) is 1.07. The first kappa shape index (κ1) is 13.6. The first-order chi connectivity index (χ1) is 8.53. The van der Waals surface area contributed by atoms with Gasteiger partial charge in [0.15, 0.2) is 0 Å². The highest BCUT2D eigenvalue weighted by Gasteiger charge is 2.38. The Balaban J connectivity index is 2.10. The minimum absolute atomic E-state index is 0.416. The highest BCUT2D eigenvalue weighted by Crippen LogP contribution is 2.38. The van der Waals surface area contributed by atoms with Gasteiger partial charge in [-0.3, -0.25) is 0 Å². The van der Waals surface area contributed by atoms with Gasteiger partial charge in [0, 0.05) is 6.42 Å². The smallest absolute Gasteiger partial charge is 0.0715 e. The molecule has 18 heavy (non-hydrogen) atoms. The van der Waals surface area contributed by atoms with Gasteiger partial charge >= 0.3 is 0 Å². The van der Waals surface area contributed by atoms with Crippen molar-refractivity contribution in [3.05, 3.63) is 35.4 Å². The fourth-order valence-corrected chi connectivity index (χ4v) is 3.20. The molecular weight excluding hydrogens is 220 g/mol. The lowest BCUT2D eigenvalue weighted by Gasteiger charge is -2.41. The lowest BCUT2D eigenvalue weighted by atomic mass is 9.69. The van der Waals surface area contributed by atoms with Crippen molar-refractivity contribution in [3.63, 3.8) is 0 Å². The molecule has 1 saturated carbocycles. The zero-order valence-corrected chi connectivity index (χ0v) is 11.9. The van der Waals surface area contributed by atoms with Crippen LogP contribution in [0.15, 0.2) is 24.3 Å². The Morgan fingerprint density at radius 2 is 1.72 bits per heavy atom. The van der Waals surface area contributed by atoms with E-state index in [4.69, 9.17) is 0 Å². The van der Waals surface area contributed by atoms with Crippen LogP contribution >= 0.6 is 0 Å². The molecule has 1 aromatic rings. The maximum Gasteiger partial charge on any atom is 0.0715 e. The van der Waals surface area contributed by atoms with E-state index in [1.165, 1.54) is 17.5 Å². The zero-order chi connectivity index (χ0) is 13.2. The van der Waals surface area contributed by atoms with Gasteiger partial charge in [-0.1, -0.05) is 51.5 Å². The molecule has 1 heteroatoms. The van der Waals surface area contributed by atoms with Crippen LogP contribution in [0.25, 0.3) is 0 Å². The van der Waals surface area contributed by atoms with Crippen molar-refractivity contribution >= 4 is 0 Å². The Kier molecular flexibility index (Phi) is 4.11. The summed E-state index contributed by atoms with van der Waals surface area (Å²) >= 11 is 0. The number of hydrogen-bond donors (Lipinski definition) is 1. The fourth-order valence-electron chi connectivity index (χ4n) is 3.20. The van der Waals surface area contributed by atoms with Gasteiger partial charge in [0.1, 0.15) is 0 Å². The summed E-state index contributed by atoms with van der Waals surface area (Å²) in [4.78, 5) is 0. The second kappa shape index (κ2) is 5.44. The third-order valence-corrected chi connectivity index (χ3v) is 4.65. The largest absolute Gasteiger partial charge is 0.389 e. The molecule has 0 bridgehead atoms. The highest BCUT2D eigenvalue weighted by molar-refractivity contribution is 5.24. The monoisotopic (exact) mass is 246 g/mol. The summed E-state index contributed by atoms with van der Waals surface area (Å²) in [7, 11) is 0. The van der Waals surface area contributed by atoms with Crippen LogP contribution in [0.5, 0.6) is 0 Å². The Labute approximate surface area is 111 Å². The minimum atomic E-state index is -0.495. The van der Waals surface area contributed by atoms with Crippen LogP contribution < -0.4 is 0 Å². The van der Waals surface area contributed by atoms with Crippen molar-refractivity contribution < 1.29 is 5.11 Å². The Bertz CT molecular complexity index is 381. The van der Waals surface area contributed by atoms with E-state index in [9.17, 15) is 5.11 Å². The average Bonchev–Trinajstić information content (AvgIpc) is 2.35. The molecule has 1 aliphatic rings. The number of aryl methyl sites for hydroxylation is 1. The predicted molar refractivity (Wildman–Crippen MR) is 76.7 cm³/mol. The van der Waals surface area contributed by atoms with Crippen LogP contribution in [0.3, 0.4) is 0 Å². The van der Waals surface area contributed by atoms with Crippen LogP contribution in [-0.2, 0) is 12.8 Å². The van der Waals surface area contributed by atoms with Gasteiger partial charge < -0.3 is 5.11 Å². The molecule has 1 aromatic carbocycles. The molecule has 1 aliphatic carbocycles. The van der Waals surface area contributed by atoms with Crippen LogP contribution in [0.1, 0.15) is 51.2 Å².